The predicted octanol–water partition coefficient (Wildman–Crippen LogP) is 2.50. The molecule has 1 aromatic heterocycles. The number of nitrogens with zero attached hydrogens (tertiary/aromatic N) is 4. The second-order valence-corrected chi connectivity index (χ2v) is 10.7. The zero-order valence-corrected chi connectivity index (χ0v) is 20.2. The van der Waals surface area contributed by atoms with E-state index in [9.17, 15) is 8.42 Å². The summed E-state index contributed by atoms with van der Waals surface area (Å²) in [7, 11) is -3.54. The molecule has 0 aliphatic carbocycles. The van der Waals surface area contributed by atoms with Gasteiger partial charge in [-0.05, 0) is 43.2 Å². The van der Waals surface area contributed by atoms with Crippen molar-refractivity contribution in [3.8, 4) is 5.75 Å². The van der Waals surface area contributed by atoms with Gasteiger partial charge in [-0.1, -0.05) is 41.6 Å². The Bertz CT molecular complexity index is 1220. The Morgan fingerprint density at radius 2 is 1.91 bits per heavy atom. The quantitative estimate of drug-likeness (QED) is 0.379. The van der Waals surface area contributed by atoms with E-state index >= 15 is 0 Å². The molecule has 1 aliphatic heterocycles. The highest BCUT2D eigenvalue weighted by molar-refractivity contribution is 7.98. The summed E-state index contributed by atoms with van der Waals surface area (Å²) in [4.78, 5) is 0.277. The van der Waals surface area contributed by atoms with Crippen LogP contribution in [0.2, 0.25) is 0 Å². The number of aryl methyl sites for hydroxylation is 2. The lowest BCUT2D eigenvalue weighted by molar-refractivity contribution is 0.0730. The molecule has 0 amide bonds. The molecule has 2 aromatic carbocycles. The highest BCUT2D eigenvalue weighted by Gasteiger charge is 2.26. The Labute approximate surface area is 197 Å². The Balaban J connectivity index is 1.39. The van der Waals surface area contributed by atoms with Crippen molar-refractivity contribution in [3.63, 3.8) is 0 Å². The molecule has 2 N–H and O–H groups in total. The normalized spacial score (nSPS) is 15.0. The third kappa shape index (κ3) is 5.49. The Kier molecular flexibility index (Phi) is 7.23. The number of sulfonamides is 1. The Hall–Kier alpha value is -2.60. The largest absolute Gasteiger partial charge is 0.485 e. The summed E-state index contributed by atoms with van der Waals surface area (Å²) in [6.07, 6.45) is 0. The maximum atomic E-state index is 12.9. The van der Waals surface area contributed by atoms with Crippen LogP contribution in [0.15, 0.2) is 52.5 Å². The minimum Gasteiger partial charge on any atom is -0.485 e. The molecular formula is C22H27N5O4S2. The molecule has 1 saturated heterocycles. The number of morpholine rings is 1. The fraction of sp³-hybridized carbons (Fsp3) is 0.364. The van der Waals surface area contributed by atoms with Gasteiger partial charge in [-0.25, -0.2) is 13.1 Å². The van der Waals surface area contributed by atoms with Crippen LogP contribution in [0.5, 0.6) is 5.75 Å². The van der Waals surface area contributed by atoms with Gasteiger partial charge >= 0.3 is 0 Å². The highest BCUT2D eigenvalue weighted by atomic mass is 32.2. The van der Waals surface area contributed by atoms with Crippen molar-refractivity contribution in [2.24, 2.45) is 0 Å². The van der Waals surface area contributed by atoms with Gasteiger partial charge in [-0.2, -0.15) is 4.31 Å². The number of benzene rings is 2. The van der Waals surface area contributed by atoms with Gasteiger partial charge in [0.2, 0.25) is 15.2 Å². The summed E-state index contributed by atoms with van der Waals surface area (Å²) in [5.41, 5.74) is 3.06. The van der Waals surface area contributed by atoms with E-state index in [2.05, 4.69) is 16.3 Å². The van der Waals surface area contributed by atoms with Crippen LogP contribution < -0.4 is 10.6 Å². The van der Waals surface area contributed by atoms with Crippen molar-refractivity contribution in [2.75, 3.05) is 32.1 Å². The summed E-state index contributed by atoms with van der Waals surface area (Å²) in [5, 5.41) is 8.81. The molecule has 3 aromatic rings. The average molecular weight is 490 g/mol. The highest BCUT2D eigenvalue weighted by Crippen LogP contribution is 2.25. The van der Waals surface area contributed by atoms with Crippen LogP contribution in [0.3, 0.4) is 0 Å². The first-order chi connectivity index (χ1) is 15.8. The van der Waals surface area contributed by atoms with Crippen LogP contribution >= 0.6 is 11.8 Å². The van der Waals surface area contributed by atoms with Crippen LogP contribution in [0, 0.1) is 13.8 Å². The molecule has 2 heterocycles. The molecule has 176 valence electrons. The molecule has 0 saturated carbocycles. The number of nitrogens with two attached hydrogens (primary N) is 1. The molecular weight excluding hydrogens is 462 g/mol. The molecule has 0 unspecified atom stereocenters. The van der Waals surface area contributed by atoms with Crippen LogP contribution in [-0.2, 0) is 27.1 Å². The Morgan fingerprint density at radius 3 is 2.67 bits per heavy atom. The Morgan fingerprint density at radius 1 is 1.12 bits per heavy atom. The zero-order valence-electron chi connectivity index (χ0n) is 18.6. The second-order valence-electron chi connectivity index (χ2n) is 7.78. The standard InChI is InChI=1S/C22H27N5O4S2/c1-16-6-7-20(17(2)12-16)31-14-21-24-25-22(27(21)23)32-15-18-4-3-5-19(13-18)33(28,29)26-8-10-30-11-9-26/h3-7,12-13H,8-11,14-15,23H2,1-2H3. The van der Waals surface area contributed by atoms with Crippen LogP contribution in [0.1, 0.15) is 22.5 Å². The van der Waals surface area contributed by atoms with Crippen molar-refractivity contribution in [1.29, 1.82) is 0 Å². The third-order valence-electron chi connectivity index (χ3n) is 5.30. The molecule has 0 bridgehead atoms. The number of rotatable bonds is 8. The monoisotopic (exact) mass is 489 g/mol. The SMILES string of the molecule is Cc1ccc(OCc2nnc(SCc3cccc(S(=O)(=O)N4CCOCC4)c3)n2N)c(C)c1. The van der Waals surface area contributed by atoms with Crippen molar-refractivity contribution in [1.82, 2.24) is 19.2 Å². The molecule has 11 heteroatoms. The summed E-state index contributed by atoms with van der Waals surface area (Å²) in [6, 6.07) is 12.9. The third-order valence-corrected chi connectivity index (χ3v) is 8.21. The molecule has 0 atom stereocenters. The molecule has 1 aliphatic rings. The fourth-order valence-electron chi connectivity index (χ4n) is 3.49. The lowest BCUT2D eigenvalue weighted by Crippen LogP contribution is -2.40. The maximum Gasteiger partial charge on any atom is 0.243 e. The van der Waals surface area contributed by atoms with E-state index in [1.54, 1.807) is 18.2 Å². The molecule has 0 spiro atoms. The van der Waals surface area contributed by atoms with E-state index < -0.39 is 10.0 Å². The van der Waals surface area contributed by atoms with Crippen molar-refractivity contribution < 1.29 is 17.9 Å². The van der Waals surface area contributed by atoms with Gasteiger partial charge in [0.15, 0.2) is 5.82 Å². The van der Waals surface area contributed by atoms with Crippen LogP contribution in [-0.4, -0.2) is 53.9 Å². The first-order valence-electron chi connectivity index (χ1n) is 10.5. The lowest BCUT2D eigenvalue weighted by atomic mass is 10.1. The van der Waals surface area contributed by atoms with Gasteiger partial charge in [-0.15, -0.1) is 10.2 Å². The van der Waals surface area contributed by atoms with Crippen molar-refractivity contribution in [2.45, 2.75) is 36.3 Å². The number of aromatic nitrogens is 3. The van der Waals surface area contributed by atoms with Gasteiger partial charge in [0.25, 0.3) is 0 Å². The number of hydrogen-bond donors (Lipinski definition) is 1. The molecule has 1 fully saturated rings. The smallest absolute Gasteiger partial charge is 0.243 e. The summed E-state index contributed by atoms with van der Waals surface area (Å²) < 4.78 is 39.8. The van der Waals surface area contributed by atoms with Crippen molar-refractivity contribution >= 4 is 21.8 Å². The van der Waals surface area contributed by atoms with E-state index in [1.807, 2.05) is 32.0 Å². The fourth-order valence-corrected chi connectivity index (χ4v) is 5.78. The first kappa shape index (κ1) is 23.6. The van der Waals surface area contributed by atoms with E-state index in [0.29, 0.717) is 43.0 Å². The predicted molar refractivity (Wildman–Crippen MR) is 126 cm³/mol. The lowest BCUT2D eigenvalue weighted by Gasteiger charge is -2.26. The van der Waals surface area contributed by atoms with Crippen LogP contribution in [0.4, 0.5) is 0 Å². The van der Waals surface area contributed by atoms with Gasteiger partial charge in [-0.3, -0.25) is 0 Å². The minimum atomic E-state index is -3.54. The summed E-state index contributed by atoms with van der Waals surface area (Å²) in [6.45, 7) is 5.78. The van der Waals surface area contributed by atoms with Gasteiger partial charge in [0.05, 0.1) is 18.1 Å². The summed E-state index contributed by atoms with van der Waals surface area (Å²) in [5.74, 6) is 7.94. The zero-order chi connectivity index (χ0) is 23.4. The molecule has 33 heavy (non-hydrogen) atoms. The summed E-state index contributed by atoms with van der Waals surface area (Å²) >= 11 is 1.38. The van der Waals surface area contributed by atoms with E-state index in [1.165, 1.54) is 26.3 Å². The number of ether oxygens (including phenoxy) is 2. The van der Waals surface area contributed by atoms with E-state index in [4.69, 9.17) is 15.3 Å². The molecule has 0 radical (unpaired) electrons. The van der Waals surface area contributed by atoms with Gasteiger partial charge < -0.3 is 15.3 Å². The van der Waals surface area contributed by atoms with Gasteiger partial charge in [0.1, 0.15) is 12.4 Å². The van der Waals surface area contributed by atoms with E-state index in [-0.39, 0.29) is 11.5 Å². The number of thioether (sulfide) groups is 1. The topological polar surface area (TPSA) is 113 Å². The van der Waals surface area contributed by atoms with Crippen LogP contribution in [0.25, 0.3) is 0 Å². The average Bonchev–Trinajstić information content (AvgIpc) is 3.17. The number of nitrogen functional groups attached to an aromatic ring is 1. The first-order valence-corrected chi connectivity index (χ1v) is 13.0. The molecule has 9 nitrogen and oxygen atoms in total. The van der Waals surface area contributed by atoms with E-state index in [0.717, 1.165) is 16.9 Å². The second kappa shape index (κ2) is 10.1. The van der Waals surface area contributed by atoms with Crippen molar-refractivity contribution in [3.05, 3.63) is 65.0 Å². The number of hydrogen-bond acceptors (Lipinski definition) is 8. The maximum absolute atomic E-state index is 12.9. The van der Waals surface area contributed by atoms with Gasteiger partial charge in [0, 0.05) is 18.8 Å². The minimum absolute atomic E-state index is 0.196. The molecule has 4 rings (SSSR count).